The van der Waals surface area contributed by atoms with Gasteiger partial charge in [-0.1, -0.05) is 35.5 Å². The zero-order valence-corrected chi connectivity index (χ0v) is 13.8. The van der Waals surface area contributed by atoms with Gasteiger partial charge in [-0.2, -0.15) is 0 Å². The molecule has 19 heavy (non-hydrogen) atoms. The van der Waals surface area contributed by atoms with Crippen LogP contribution in [0.5, 0.6) is 0 Å². The molecule has 0 aromatic heterocycles. The summed E-state index contributed by atoms with van der Waals surface area (Å²) in [5.41, 5.74) is 2.26. The number of rotatable bonds is 1. The number of oxime groups is 1. The highest BCUT2D eigenvalue weighted by atomic mass is 127. The normalized spacial score (nSPS) is 28.4. The van der Waals surface area contributed by atoms with Gasteiger partial charge in [-0.05, 0) is 5.56 Å². The van der Waals surface area contributed by atoms with Gasteiger partial charge >= 0.3 is 0 Å². The van der Waals surface area contributed by atoms with E-state index in [1.54, 1.807) is 0 Å². The van der Waals surface area contributed by atoms with E-state index in [1.807, 2.05) is 6.07 Å². The van der Waals surface area contributed by atoms with E-state index in [-0.39, 0.29) is 29.6 Å². The standard InChI is InChI=1S/C15H21N2O.HI/c1-17(2)10-6-9-15(12-17)11-14(16-18-15)13-7-4-3-5-8-13;/h3-5,7-8H,6,9-12H2,1-2H3;1H/q+1;/p-1. The summed E-state index contributed by atoms with van der Waals surface area (Å²) in [5, 5.41) is 4.36. The lowest BCUT2D eigenvalue weighted by Crippen LogP contribution is -3.00. The summed E-state index contributed by atoms with van der Waals surface area (Å²) in [6.07, 6.45) is 3.32. The van der Waals surface area contributed by atoms with Crippen molar-refractivity contribution < 1.29 is 33.3 Å². The zero-order chi connectivity index (χ0) is 12.6. The Labute approximate surface area is 132 Å². The van der Waals surface area contributed by atoms with E-state index in [2.05, 4.69) is 43.5 Å². The van der Waals surface area contributed by atoms with Crippen molar-refractivity contribution in [2.45, 2.75) is 24.9 Å². The number of benzene rings is 1. The summed E-state index contributed by atoms with van der Waals surface area (Å²) < 4.78 is 1.04. The van der Waals surface area contributed by atoms with Crippen molar-refractivity contribution in [2.24, 2.45) is 5.16 Å². The third kappa shape index (κ3) is 3.11. The molecule has 1 aromatic rings. The molecule has 1 saturated heterocycles. The van der Waals surface area contributed by atoms with Gasteiger partial charge in [0, 0.05) is 19.3 Å². The van der Waals surface area contributed by atoms with E-state index < -0.39 is 0 Å². The van der Waals surface area contributed by atoms with Crippen LogP contribution in [0.1, 0.15) is 24.8 Å². The van der Waals surface area contributed by atoms with Crippen LogP contribution in [-0.2, 0) is 4.84 Å². The van der Waals surface area contributed by atoms with Crippen LogP contribution in [0.2, 0.25) is 0 Å². The third-order valence-corrected chi connectivity index (χ3v) is 4.06. The van der Waals surface area contributed by atoms with Gasteiger partial charge < -0.3 is 33.3 Å². The Morgan fingerprint density at radius 2 is 1.95 bits per heavy atom. The van der Waals surface area contributed by atoms with Crippen LogP contribution in [-0.4, -0.2) is 43.0 Å². The number of hydrogen-bond donors (Lipinski definition) is 0. The Morgan fingerprint density at radius 3 is 2.63 bits per heavy atom. The Balaban J connectivity index is 0.00000133. The van der Waals surface area contributed by atoms with Gasteiger partial charge in [0.25, 0.3) is 0 Å². The van der Waals surface area contributed by atoms with Crippen LogP contribution in [0.15, 0.2) is 35.5 Å². The number of likely N-dealkylation sites (tertiary alicyclic amines) is 1. The molecule has 2 heterocycles. The summed E-state index contributed by atoms with van der Waals surface area (Å²) in [4.78, 5) is 5.86. The summed E-state index contributed by atoms with van der Waals surface area (Å²) in [7, 11) is 4.57. The van der Waals surface area contributed by atoms with Crippen molar-refractivity contribution in [3.05, 3.63) is 35.9 Å². The number of quaternary nitrogens is 1. The fourth-order valence-electron chi connectivity index (χ4n) is 3.29. The Bertz CT molecular complexity index is 472. The van der Waals surface area contributed by atoms with Gasteiger partial charge in [-0.3, -0.25) is 0 Å². The molecule has 0 radical (unpaired) electrons. The molecular formula is C15H21IN2O. The van der Waals surface area contributed by atoms with Crippen molar-refractivity contribution >= 4 is 5.71 Å². The summed E-state index contributed by atoms with van der Waals surface area (Å²) in [6, 6.07) is 10.4. The molecular weight excluding hydrogens is 351 g/mol. The number of likely N-dealkylation sites (N-methyl/N-ethyl adjacent to an activating group) is 1. The van der Waals surface area contributed by atoms with Crippen LogP contribution in [0.3, 0.4) is 0 Å². The highest BCUT2D eigenvalue weighted by Crippen LogP contribution is 2.36. The molecule has 4 heteroatoms. The van der Waals surface area contributed by atoms with Crippen molar-refractivity contribution in [3.8, 4) is 0 Å². The minimum absolute atomic E-state index is 0. The molecule has 0 N–H and O–H groups in total. The van der Waals surface area contributed by atoms with E-state index in [4.69, 9.17) is 4.84 Å². The van der Waals surface area contributed by atoms with E-state index in [0.717, 1.165) is 29.6 Å². The first-order chi connectivity index (χ1) is 8.59. The molecule has 2 aliphatic rings. The molecule has 0 amide bonds. The number of halogens is 1. The fourth-order valence-corrected chi connectivity index (χ4v) is 3.29. The number of hydrogen-bond acceptors (Lipinski definition) is 2. The molecule has 1 unspecified atom stereocenters. The summed E-state index contributed by atoms with van der Waals surface area (Å²) in [5.74, 6) is 0. The van der Waals surface area contributed by atoms with E-state index in [1.165, 1.54) is 18.5 Å². The molecule has 1 fully saturated rings. The SMILES string of the molecule is C[N+]1(C)CCCC2(CC(c3ccccc3)=NO2)C1.[I-]. The molecule has 1 spiro atoms. The van der Waals surface area contributed by atoms with Gasteiger partial charge in [-0.25, -0.2) is 0 Å². The molecule has 2 aliphatic heterocycles. The maximum absolute atomic E-state index is 5.86. The Hall–Kier alpha value is -0.620. The lowest BCUT2D eigenvalue weighted by molar-refractivity contribution is -0.902. The van der Waals surface area contributed by atoms with Gasteiger partial charge in [-0.15, -0.1) is 0 Å². The summed E-state index contributed by atoms with van der Waals surface area (Å²) >= 11 is 0. The van der Waals surface area contributed by atoms with Gasteiger partial charge in [0.1, 0.15) is 6.54 Å². The highest BCUT2D eigenvalue weighted by Gasteiger charge is 2.47. The molecule has 0 bridgehead atoms. The summed E-state index contributed by atoms with van der Waals surface area (Å²) in [6.45, 7) is 2.30. The molecule has 104 valence electrons. The van der Waals surface area contributed by atoms with Crippen molar-refractivity contribution in [3.63, 3.8) is 0 Å². The zero-order valence-electron chi connectivity index (χ0n) is 11.6. The maximum Gasteiger partial charge on any atom is 0.191 e. The monoisotopic (exact) mass is 372 g/mol. The first-order valence-electron chi connectivity index (χ1n) is 6.71. The van der Waals surface area contributed by atoms with Gasteiger partial charge in [0.2, 0.25) is 0 Å². The number of nitrogens with zero attached hydrogens (tertiary/aromatic N) is 2. The highest BCUT2D eigenvalue weighted by molar-refractivity contribution is 6.01. The lowest BCUT2D eigenvalue weighted by atomic mass is 9.86. The van der Waals surface area contributed by atoms with E-state index in [0.29, 0.717) is 0 Å². The third-order valence-electron chi connectivity index (χ3n) is 4.06. The average Bonchev–Trinajstić information content (AvgIpc) is 2.72. The van der Waals surface area contributed by atoms with Gasteiger partial charge in [0.05, 0.1) is 26.4 Å². The van der Waals surface area contributed by atoms with Crippen LogP contribution in [0.25, 0.3) is 0 Å². The van der Waals surface area contributed by atoms with Crippen LogP contribution in [0.4, 0.5) is 0 Å². The second-order valence-electron chi connectivity index (χ2n) is 6.28. The second-order valence-corrected chi connectivity index (χ2v) is 6.28. The minimum Gasteiger partial charge on any atom is -1.00 e. The molecule has 1 atom stereocenters. The van der Waals surface area contributed by atoms with Crippen molar-refractivity contribution in [2.75, 3.05) is 27.2 Å². The minimum atomic E-state index is -0.0487. The average molecular weight is 372 g/mol. The Morgan fingerprint density at radius 1 is 1.21 bits per heavy atom. The smallest absolute Gasteiger partial charge is 0.191 e. The van der Waals surface area contributed by atoms with Crippen LogP contribution < -0.4 is 24.0 Å². The van der Waals surface area contributed by atoms with Crippen molar-refractivity contribution in [1.29, 1.82) is 0 Å². The first kappa shape index (κ1) is 14.8. The second kappa shape index (κ2) is 5.40. The van der Waals surface area contributed by atoms with Crippen molar-refractivity contribution in [1.82, 2.24) is 0 Å². The lowest BCUT2D eigenvalue weighted by Gasteiger charge is -2.42. The van der Waals surface area contributed by atoms with Gasteiger partial charge in [0.15, 0.2) is 5.60 Å². The van der Waals surface area contributed by atoms with Crippen LogP contribution in [0, 0.1) is 0 Å². The molecule has 0 aliphatic carbocycles. The largest absolute Gasteiger partial charge is 1.00 e. The predicted molar refractivity (Wildman–Crippen MR) is 72.5 cm³/mol. The maximum atomic E-state index is 5.86. The molecule has 1 aromatic carbocycles. The molecule has 3 nitrogen and oxygen atoms in total. The quantitative estimate of drug-likeness (QED) is 0.478. The first-order valence-corrected chi connectivity index (χ1v) is 6.71. The predicted octanol–water partition coefficient (Wildman–Crippen LogP) is -0.576. The molecule has 0 saturated carbocycles. The topological polar surface area (TPSA) is 21.6 Å². The van der Waals surface area contributed by atoms with E-state index >= 15 is 0 Å². The van der Waals surface area contributed by atoms with E-state index in [9.17, 15) is 0 Å². The Kier molecular flexibility index (Phi) is 4.20. The number of piperidine rings is 1. The molecule has 3 rings (SSSR count). The van der Waals surface area contributed by atoms with Crippen LogP contribution >= 0.6 is 0 Å². The fraction of sp³-hybridized carbons (Fsp3) is 0.533.